The van der Waals surface area contributed by atoms with Crippen LogP contribution in [0.2, 0.25) is 0 Å². The summed E-state index contributed by atoms with van der Waals surface area (Å²) in [5, 5.41) is 6.35. The van der Waals surface area contributed by atoms with Crippen LogP contribution in [0.4, 0.5) is 10.1 Å². The number of fused-ring (bicyclic) bond motifs is 1. The maximum absolute atomic E-state index is 13.3. The van der Waals surface area contributed by atoms with Crippen LogP contribution < -0.4 is 15.4 Å². The van der Waals surface area contributed by atoms with E-state index in [1.807, 2.05) is 13.1 Å². The highest BCUT2D eigenvalue weighted by Crippen LogP contribution is 2.31. The Morgan fingerprint density at radius 2 is 2.47 bits per heavy atom. The first-order valence-corrected chi connectivity index (χ1v) is 5.13. The second kappa shape index (κ2) is 4.49. The topological polar surface area (TPSA) is 33.3 Å². The van der Waals surface area contributed by atoms with Gasteiger partial charge >= 0.3 is 0 Å². The minimum atomic E-state index is -0.299. The van der Waals surface area contributed by atoms with Crippen LogP contribution in [0, 0.1) is 5.82 Å². The lowest BCUT2D eigenvalue weighted by molar-refractivity contribution is 0.265. The van der Waals surface area contributed by atoms with Crippen LogP contribution in [0.25, 0.3) is 0 Å². The number of halogens is 1. The van der Waals surface area contributed by atoms with Crippen LogP contribution in [-0.2, 0) is 0 Å². The van der Waals surface area contributed by atoms with E-state index in [2.05, 4.69) is 10.6 Å². The molecule has 0 aromatic heterocycles. The van der Waals surface area contributed by atoms with E-state index in [1.165, 1.54) is 6.07 Å². The van der Waals surface area contributed by atoms with Gasteiger partial charge in [-0.15, -0.1) is 0 Å². The smallest absolute Gasteiger partial charge is 0.178 e. The minimum absolute atomic E-state index is 0.256. The SMILES string of the molecule is CNCCC1COc2c(F)cccc2N1. The molecular weight excluding hydrogens is 195 g/mol. The van der Waals surface area contributed by atoms with Gasteiger partial charge in [0.05, 0.1) is 11.7 Å². The Morgan fingerprint density at radius 1 is 1.60 bits per heavy atom. The molecule has 0 spiro atoms. The van der Waals surface area contributed by atoms with Crippen molar-refractivity contribution < 1.29 is 9.13 Å². The van der Waals surface area contributed by atoms with E-state index < -0.39 is 0 Å². The summed E-state index contributed by atoms with van der Waals surface area (Å²) in [5.41, 5.74) is 0.752. The molecule has 0 saturated carbocycles. The van der Waals surface area contributed by atoms with Gasteiger partial charge in [0.2, 0.25) is 0 Å². The quantitative estimate of drug-likeness (QED) is 0.795. The first-order valence-electron chi connectivity index (χ1n) is 5.13. The first-order chi connectivity index (χ1) is 7.31. The molecule has 0 aliphatic carbocycles. The molecule has 0 amide bonds. The molecule has 2 N–H and O–H groups in total. The zero-order chi connectivity index (χ0) is 10.7. The average molecular weight is 210 g/mol. The third kappa shape index (κ3) is 2.21. The van der Waals surface area contributed by atoms with Gasteiger partial charge in [0.15, 0.2) is 11.6 Å². The molecule has 2 rings (SSSR count). The third-order valence-electron chi connectivity index (χ3n) is 2.50. The number of para-hydroxylation sites is 1. The summed E-state index contributed by atoms with van der Waals surface area (Å²) >= 11 is 0. The van der Waals surface area contributed by atoms with Crippen molar-refractivity contribution in [2.75, 3.05) is 25.5 Å². The Hall–Kier alpha value is -1.29. The lowest BCUT2D eigenvalue weighted by Crippen LogP contribution is -2.34. The Balaban J connectivity index is 2.07. The first kappa shape index (κ1) is 10.2. The van der Waals surface area contributed by atoms with Crippen LogP contribution in [0.3, 0.4) is 0 Å². The molecule has 1 aromatic carbocycles. The van der Waals surface area contributed by atoms with Crippen molar-refractivity contribution in [1.29, 1.82) is 0 Å². The largest absolute Gasteiger partial charge is 0.486 e. The van der Waals surface area contributed by atoms with Gasteiger partial charge in [-0.1, -0.05) is 6.07 Å². The van der Waals surface area contributed by atoms with Crippen molar-refractivity contribution in [2.45, 2.75) is 12.5 Å². The summed E-state index contributed by atoms with van der Waals surface area (Å²) in [4.78, 5) is 0. The summed E-state index contributed by atoms with van der Waals surface area (Å²) in [7, 11) is 1.91. The van der Waals surface area contributed by atoms with Crippen LogP contribution >= 0.6 is 0 Å². The van der Waals surface area contributed by atoms with Crippen LogP contribution in [0.5, 0.6) is 5.75 Å². The van der Waals surface area contributed by atoms with E-state index in [0.717, 1.165) is 18.7 Å². The van der Waals surface area contributed by atoms with E-state index in [0.29, 0.717) is 12.4 Å². The lowest BCUT2D eigenvalue weighted by Gasteiger charge is -2.27. The van der Waals surface area contributed by atoms with Gasteiger partial charge in [-0.25, -0.2) is 4.39 Å². The molecule has 3 nitrogen and oxygen atoms in total. The zero-order valence-corrected chi connectivity index (χ0v) is 8.72. The van der Waals surface area contributed by atoms with E-state index in [1.54, 1.807) is 6.07 Å². The fraction of sp³-hybridized carbons (Fsp3) is 0.455. The molecule has 0 radical (unpaired) electrons. The number of ether oxygens (including phenoxy) is 1. The fourth-order valence-corrected chi connectivity index (χ4v) is 1.69. The van der Waals surface area contributed by atoms with Crippen molar-refractivity contribution in [2.24, 2.45) is 0 Å². The van der Waals surface area contributed by atoms with Crippen LogP contribution in [-0.4, -0.2) is 26.2 Å². The molecule has 1 aliphatic heterocycles. The number of hydrogen-bond donors (Lipinski definition) is 2. The maximum Gasteiger partial charge on any atom is 0.178 e. The van der Waals surface area contributed by atoms with Gasteiger partial charge in [-0.2, -0.15) is 0 Å². The van der Waals surface area contributed by atoms with Crippen molar-refractivity contribution in [1.82, 2.24) is 5.32 Å². The molecule has 15 heavy (non-hydrogen) atoms. The lowest BCUT2D eigenvalue weighted by atomic mass is 10.1. The standard InChI is InChI=1S/C11H15FN2O/c1-13-6-5-8-7-15-11-9(12)3-2-4-10(11)14-8/h2-4,8,13-14H,5-7H2,1H3. The Kier molecular flexibility index (Phi) is 3.06. The highest BCUT2D eigenvalue weighted by Gasteiger charge is 2.20. The van der Waals surface area contributed by atoms with Gasteiger partial charge in [-0.05, 0) is 32.1 Å². The molecule has 1 unspecified atom stereocenters. The van der Waals surface area contributed by atoms with Crippen LogP contribution in [0.1, 0.15) is 6.42 Å². The number of benzene rings is 1. The summed E-state index contributed by atoms with van der Waals surface area (Å²) in [5.74, 6) is 0.0466. The number of hydrogen-bond acceptors (Lipinski definition) is 3. The second-order valence-corrected chi connectivity index (χ2v) is 3.66. The number of rotatable bonds is 3. The predicted octanol–water partition coefficient (Wildman–Crippen LogP) is 1.61. The monoisotopic (exact) mass is 210 g/mol. The predicted molar refractivity (Wildman–Crippen MR) is 57.8 cm³/mol. The van der Waals surface area contributed by atoms with Gasteiger partial charge in [0.25, 0.3) is 0 Å². The van der Waals surface area contributed by atoms with E-state index in [4.69, 9.17) is 4.74 Å². The van der Waals surface area contributed by atoms with E-state index >= 15 is 0 Å². The summed E-state index contributed by atoms with van der Waals surface area (Å²) in [6.07, 6.45) is 0.965. The minimum Gasteiger partial charge on any atom is -0.486 e. The zero-order valence-electron chi connectivity index (χ0n) is 8.72. The van der Waals surface area contributed by atoms with Crippen molar-refractivity contribution in [3.63, 3.8) is 0 Å². The fourth-order valence-electron chi connectivity index (χ4n) is 1.69. The molecule has 1 aliphatic rings. The van der Waals surface area contributed by atoms with Gasteiger partial charge < -0.3 is 15.4 Å². The highest BCUT2D eigenvalue weighted by molar-refractivity contribution is 5.58. The van der Waals surface area contributed by atoms with E-state index in [9.17, 15) is 4.39 Å². The van der Waals surface area contributed by atoms with Crippen LogP contribution in [0.15, 0.2) is 18.2 Å². The van der Waals surface area contributed by atoms with Gasteiger partial charge in [0, 0.05) is 0 Å². The molecule has 0 saturated heterocycles. The van der Waals surface area contributed by atoms with Crippen molar-refractivity contribution >= 4 is 5.69 Å². The molecule has 0 bridgehead atoms. The Labute approximate surface area is 88.6 Å². The van der Waals surface area contributed by atoms with Gasteiger partial charge in [-0.3, -0.25) is 0 Å². The summed E-state index contributed by atoms with van der Waals surface area (Å²) in [6.45, 7) is 1.45. The molecule has 4 heteroatoms. The summed E-state index contributed by atoms with van der Waals surface area (Å²) in [6, 6.07) is 5.19. The maximum atomic E-state index is 13.3. The summed E-state index contributed by atoms with van der Waals surface area (Å²) < 4.78 is 18.7. The number of anilines is 1. The molecule has 0 fully saturated rings. The highest BCUT2D eigenvalue weighted by atomic mass is 19.1. The van der Waals surface area contributed by atoms with Gasteiger partial charge in [0.1, 0.15) is 6.61 Å². The normalized spacial score (nSPS) is 18.9. The third-order valence-corrected chi connectivity index (χ3v) is 2.50. The molecular formula is C11H15FN2O. The molecule has 82 valence electrons. The Bertz CT molecular complexity index is 343. The Morgan fingerprint density at radius 3 is 3.27 bits per heavy atom. The second-order valence-electron chi connectivity index (χ2n) is 3.66. The molecule has 1 heterocycles. The van der Waals surface area contributed by atoms with Crippen molar-refractivity contribution in [3.05, 3.63) is 24.0 Å². The molecule has 1 aromatic rings. The molecule has 1 atom stereocenters. The van der Waals surface area contributed by atoms with E-state index in [-0.39, 0.29) is 11.9 Å². The average Bonchev–Trinajstić information content (AvgIpc) is 2.26. The van der Waals surface area contributed by atoms with Crippen molar-refractivity contribution in [3.8, 4) is 5.75 Å². The number of nitrogens with one attached hydrogen (secondary N) is 2.